The molecular formula is C30H27N2P. The predicted molar refractivity (Wildman–Crippen MR) is 141 cm³/mol. The minimum atomic E-state index is -2.35. The van der Waals surface area contributed by atoms with Gasteiger partial charge in [0.2, 0.25) is 0 Å². The van der Waals surface area contributed by atoms with Gasteiger partial charge >= 0.3 is 196 Å². The van der Waals surface area contributed by atoms with Crippen molar-refractivity contribution < 1.29 is 0 Å². The van der Waals surface area contributed by atoms with E-state index in [0.29, 0.717) is 0 Å². The Morgan fingerprint density at radius 1 is 0.606 bits per heavy atom. The molecule has 5 aromatic rings. The Labute approximate surface area is 195 Å². The Bertz CT molecular complexity index is 1280. The fourth-order valence-electron chi connectivity index (χ4n) is 5.39. The average Bonchev–Trinajstić information content (AvgIpc) is 3.32. The van der Waals surface area contributed by atoms with E-state index in [4.69, 9.17) is 5.10 Å². The van der Waals surface area contributed by atoms with Gasteiger partial charge in [-0.05, 0) is 0 Å². The SMILES string of the molecule is c1ccc([PH](Cc2cc3n(n2)-c2ccccc2CC3)(c2ccccc2)c2ccccc2)cc1. The quantitative estimate of drug-likeness (QED) is 0.340. The van der Waals surface area contributed by atoms with Crippen molar-refractivity contribution in [3.05, 3.63) is 138 Å². The standard InChI is InChI=1S/C30H27N2P/c1-4-13-27(14-5-1)33(28-15-6-2-7-16-28,29-17-8-3-9-18-29)23-25-22-26-21-20-24-12-10-11-19-30(24)32(26)31-25/h1-19,22,33H,20-21,23H2. The number of hydrogen-bond donors (Lipinski definition) is 0. The number of nitrogens with zero attached hydrogens (tertiary/aromatic N) is 2. The molecule has 4 aromatic carbocycles. The van der Waals surface area contributed by atoms with Gasteiger partial charge in [-0.15, -0.1) is 0 Å². The fourth-order valence-corrected chi connectivity index (χ4v) is 10.00. The van der Waals surface area contributed by atoms with E-state index in [1.807, 2.05) is 0 Å². The molecule has 0 fully saturated rings. The first kappa shape index (κ1) is 20.1. The van der Waals surface area contributed by atoms with Crippen molar-refractivity contribution in [1.29, 1.82) is 0 Å². The molecule has 0 saturated heterocycles. The Kier molecular flexibility index (Phi) is 5.17. The van der Waals surface area contributed by atoms with Crippen LogP contribution in [-0.4, -0.2) is 9.78 Å². The van der Waals surface area contributed by atoms with Gasteiger partial charge in [-0.25, -0.2) is 0 Å². The Hall–Kier alpha value is -3.48. The Balaban J connectivity index is 1.55. The zero-order valence-corrected chi connectivity index (χ0v) is 19.6. The van der Waals surface area contributed by atoms with E-state index in [9.17, 15) is 0 Å². The van der Waals surface area contributed by atoms with Crippen LogP contribution in [0, 0.1) is 0 Å². The van der Waals surface area contributed by atoms with Gasteiger partial charge in [-0.2, -0.15) is 0 Å². The van der Waals surface area contributed by atoms with Crippen LogP contribution >= 0.6 is 7.26 Å². The summed E-state index contributed by atoms with van der Waals surface area (Å²) < 4.78 is 2.19. The molecule has 1 aromatic heterocycles. The van der Waals surface area contributed by atoms with Crippen molar-refractivity contribution in [3.63, 3.8) is 0 Å². The van der Waals surface area contributed by atoms with Gasteiger partial charge < -0.3 is 0 Å². The molecule has 0 atom stereocenters. The molecule has 162 valence electrons. The summed E-state index contributed by atoms with van der Waals surface area (Å²) in [4.78, 5) is 0. The summed E-state index contributed by atoms with van der Waals surface area (Å²) in [6.45, 7) is 0. The maximum atomic E-state index is 5.20. The van der Waals surface area contributed by atoms with Crippen LogP contribution in [0.4, 0.5) is 0 Å². The van der Waals surface area contributed by atoms with E-state index in [0.717, 1.165) is 19.0 Å². The molecule has 1 aliphatic rings. The number of benzene rings is 4. The maximum absolute atomic E-state index is 5.20. The van der Waals surface area contributed by atoms with Crippen molar-refractivity contribution >= 4 is 23.2 Å². The number of para-hydroxylation sites is 1. The Morgan fingerprint density at radius 3 is 1.70 bits per heavy atom. The summed E-state index contributed by atoms with van der Waals surface area (Å²) in [6, 6.07) is 44.4. The number of aryl methyl sites for hydroxylation is 2. The molecule has 1 aliphatic heterocycles. The fraction of sp³-hybridized carbons (Fsp3) is 0.100. The van der Waals surface area contributed by atoms with Gasteiger partial charge in [0.05, 0.1) is 0 Å². The zero-order valence-electron chi connectivity index (χ0n) is 18.6. The van der Waals surface area contributed by atoms with Crippen LogP contribution in [0.5, 0.6) is 0 Å². The molecule has 0 amide bonds. The van der Waals surface area contributed by atoms with Gasteiger partial charge in [0, 0.05) is 0 Å². The second-order valence-electron chi connectivity index (χ2n) is 8.85. The van der Waals surface area contributed by atoms with Crippen molar-refractivity contribution in [2.75, 3.05) is 0 Å². The zero-order chi connectivity index (χ0) is 22.1. The van der Waals surface area contributed by atoms with Gasteiger partial charge in [0.25, 0.3) is 0 Å². The molecule has 0 saturated carbocycles. The summed E-state index contributed by atoms with van der Waals surface area (Å²) in [5.41, 5.74) is 5.12. The molecule has 2 heterocycles. The first-order valence-corrected chi connectivity index (χ1v) is 13.9. The average molecular weight is 447 g/mol. The van der Waals surface area contributed by atoms with E-state index in [2.05, 4.69) is 126 Å². The first-order chi connectivity index (χ1) is 16.3. The normalized spacial score (nSPS) is 13.2. The van der Waals surface area contributed by atoms with E-state index < -0.39 is 7.26 Å². The first-order valence-electron chi connectivity index (χ1n) is 11.7. The second kappa shape index (κ2) is 8.46. The summed E-state index contributed by atoms with van der Waals surface area (Å²) in [5.74, 6) is 0. The number of aromatic nitrogens is 2. The van der Waals surface area contributed by atoms with Gasteiger partial charge in [-0.3, -0.25) is 0 Å². The van der Waals surface area contributed by atoms with Gasteiger partial charge in [-0.1, -0.05) is 0 Å². The van der Waals surface area contributed by atoms with Crippen molar-refractivity contribution in [2.24, 2.45) is 0 Å². The summed E-state index contributed by atoms with van der Waals surface area (Å²) >= 11 is 0. The van der Waals surface area contributed by atoms with Crippen molar-refractivity contribution in [1.82, 2.24) is 9.78 Å². The summed E-state index contributed by atoms with van der Waals surface area (Å²) in [6.07, 6.45) is 3.06. The molecule has 33 heavy (non-hydrogen) atoms. The van der Waals surface area contributed by atoms with Crippen LogP contribution in [0.25, 0.3) is 5.69 Å². The summed E-state index contributed by atoms with van der Waals surface area (Å²) in [5, 5.41) is 9.48. The van der Waals surface area contributed by atoms with Crippen molar-refractivity contribution in [2.45, 2.75) is 19.0 Å². The van der Waals surface area contributed by atoms with Crippen molar-refractivity contribution in [3.8, 4) is 5.69 Å². The molecule has 0 unspecified atom stereocenters. The third kappa shape index (κ3) is 3.52. The van der Waals surface area contributed by atoms with E-state index in [1.54, 1.807) is 0 Å². The number of rotatable bonds is 5. The molecule has 3 heteroatoms. The number of hydrogen-bond acceptors (Lipinski definition) is 1. The predicted octanol–water partition coefficient (Wildman–Crippen LogP) is 5.20. The molecular weight excluding hydrogens is 419 g/mol. The van der Waals surface area contributed by atoms with Crippen LogP contribution in [0.3, 0.4) is 0 Å². The third-order valence-corrected chi connectivity index (χ3v) is 11.8. The van der Waals surface area contributed by atoms with Crippen LogP contribution < -0.4 is 15.9 Å². The van der Waals surface area contributed by atoms with Crippen LogP contribution in [-0.2, 0) is 19.0 Å². The molecule has 0 radical (unpaired) electrons. The molecule has 0 N–H and O–H groups in total. The molecule has 0 spiro atoms. The van der Waals surface area contributed by atoms with Gasteiger partial charge in [0.1, 0.15) is 0 Å². The van der Waals surface area contributed by atoms with E-state index >= 15 is 0 Å². The Morgan fingerprint density at radius 2 is 1.12 bits per heavy atom. The van der Waals surface area contributed by atoms with Gasteiger partial charge in [0.15, 0.2) is 0 Å². The number of fused-ring (bicyclic) bond motifs is 3. The minimum absolute atomic E-state index is 0.938. The molecule has 0 bridgehead atoms. The molecule has 0 aliphatic carbocycles. The third-order valence-electron chi connectivity index (χ3n) is 6.95. The monoisotopic (exact) mass is 446 g/mol. The van der Waals surface area contributed by atoms with E-state index in [-0.39, 0.29) is 0 Å². The molecule has 2 nitrogen and oxygen atoms in total. The second-order valence-corrected chi connectivity index (χ2v) is 12.7. The molecule has 6 rings (SSSR count). The summed E-state index contributed by atoms with van der Waals surface area (Å²) in [7, 11) is -2.35. The van der Waals surface area contributed by atoms with Crippen LogP contribution in [0.2, 0.25) is 0 Å². The topological polar surface area (TPSA) is 17.8 Å². The van der Waals surface area contributed by atoms with Crippen LogP contribution in [0.1, 0.15) is 17.0 Å². The van der Waals surface area contributed by atoms with Crippen LogP contribution in [0.15, 0.2) is 121 Å². The van der Waals surface area contributed by atoms with E-state index in [1.165, 1.54) is 38.6 Å².